The zero-order valence-electron chi connectivity index (χ0n) is 36.2. The van der Waals surface area contributed by atoms with E-state index in [4.69, 9.17) is 57.6 Å². The van der Waals surface area contributed by atoms with Crippen molar-refractivity contribution in [1.82, 2.24) is 9.97 Å². The summed E-state index contributed by atoms with van der Waals surface area (Å²) < 4.78 is 73.2. The second-order valence-corrected chi connectivity index (χ2v) is 14.8. The van der Waals surface area contributed by atoms with E-state index in [1.54, 1.807) is 97.7 Å². The monoisotopic (exact) mass is 1020 g/mol. The number of ether oxygens (including phenoxy) is 3. The van der Waals surface area contributed by atoms with E-state index in [0.29, 0.717) is 56.3 Å². The molecule has 0 bridgehead atoms. The van der Waals surface area contributed by atoms with Gasteiger partial charge in [0.05, 0.1) is 23.7 Å². The highest BCUT2D eigenvalue weighted by molar-refractivity contribution is 9.10. The van der Waals surface area contributed by atoms with E-state index in [9.17, 15) is 13.2 Å². The predicted octanol–water partition coefficient (Wildman–Crippen LogP) is 11.4. The van der Waals surface area contributed by atoms with Crippen LogP contribution in [0.15, 0.2) is 169 Å². The Labute approximate surface area is 407 Å². The lowest BCUT2D eigenvalue weighted by Crippen LogP contribution is -2.27. The number of fused-ring (bicyclic) bond motifs is 4. The molecule has 10 rings (SSSR count). The van der Waals surface area contributed by atoms with Gasteiger partial charge in [0.2, 0.25) is 0 Å². The van der Waals surface area contributed by atoms with Crippen LogP contribution in [-0.4, -0.2) is 72.1 Å². The standard InChI is InChI=1S/C16H11FN2O2.C10H10BFO4.C10H9FO2.C8H6O2.C6H3BrN2.CH4/c17-4-6-20-13-1-2-15-11(7-13)8-16(21-15)14-3-5-19-10-12(14)9-18;12-3-4-15-8-1-2-9-7(5-8)6-10(16-9)11(13)14;11-4-6-12-9-1-2-10-8(7-9)3-5-13-10;9-7-1-2-8-6(5-7)3-4-10-8;7-6-1-2-9-4-5(6)3-8;/h1-3,5,7-8,10H,4,6H2;1-2,5-6,13-14H,3-4H2;1-3,5,7H,4,6H2;1-5,9H;1-2,4H;1H4. The van der Waals surface area contributed by atoms with Crippen LogP contribution in [0.25, 0.3) is 55.2 Å². The molecule has 70 heavy (non-hydrogen) atoms. The van der Waals surface area contributed by atoms with E-state index in [1.165, 1.54) is 18.5 Å². The fraction of sp³-hybridized carbons (Fsp3) is 0.137. The van der Waals surface area contributed by atoms with E-state index in [1.807, 2.05) is 36.4 Å². The highest BCUT2D eigenvalue weighted by Gasteiger charge is 2.17. The smallest absolute Gasteiger partial charge is 0.508 e. The molecular formula is C51H43BBrF3N4O10. The second kappa shape index (κ2) is 26.9. The van der Waals surface area contributed by atoms with Crippen LogP contribution >= 0.6 is 15.9 Å². The summed E-state index contributed by atoms with van der Waals surface area (Å²) in [5, 5.41) is 47.8. The van der Waals surface area contributed by atoms with Crippen LogP contribution in [0.3, 0.4) is 0 Å². The minimum absolute atomic E-state index is 0. The number of rotatable bonds is 11. The van der Waals surface area contributed by atoms with Crippen molar-refractivity contribution in [2.45, 2.75) is 7.43 Å². The van der Waals surface area contributed by atoms with Crippen molar-refractivity contribution in [3.05, 3.63) is 162 Å². The van der Waals surface area contributed by atoms with Crippen molar-refractivity contribution >= 4 is 72.6 Å². The molecule has 0 aliphatic heterocycles. The molecular weight excluding hydrogens is 976 g/mol. The molecule has 0 saturated carbocycles. The molecule has 0 unspecified atom stereocenters. The summed E-state index contributed by atoms with van der Waals surface area (Å²) in [6.07, 6.45) is 9.47. The van der Waals surface area contributed by atoms with Crippen molar-refractivity contribution in [1.29, 1.82) is 10.5 Å². The zero-order chi connectivity index (χ0) is 49.0. The van der Waals surface area contributed by atoms with E-state index in [-0.39, 0.29) is 38.7 Å². The van der Waals surface area contributed by atoms with Crippen molar-refractivity contribution in [3.8, 4) is 46.5 Å². The summed E-state index contributed by atoms with van der Waals surface area (Å²) in [6.45, 7) is -1.42. The minimum Gasteiger partial charge on any atom is -0.508 e. The van der Waals surface area contributed by atoms with Gasteiger partial charge in [0.1, 0.15) is 109 Å². The van der Waals surface area contributed by atoms with Gasteiger partial charge in [0, 0.05) is 56.4 Å². The molecule has 19 heteroatoms. The van der Waals surface area contributed by atoms with Gasteiger partial charge >= 0.3 is 7.12 Å². The van der Waals surface area contributed by atoms with Crippen LogP contribution < -0.4 is 19.9 Å². The molecule has 6 aromatic heterocycles. The third-order valence-electron chi connectivity index (χ3n) is 9.24. The summed E-state index contributed by atoms with van der Waals surface area (Å²) in [4.78, 5) is 7.69. The number of phenols is 1. The molecule has 14 nitrogen and oxygen atoms in total. The highest BCUT2D eigenvalue weighted by Crippen LogP contribution is 2.32. The number of benzene rings is 4. The maximum atomic E-state index is 12.1. The fourth-order valence-corrected chi connectivity index (χ4v) is 6.43. The molecule has 0 amide bonds. The topological polar surface area (TPSA) is 214 Å². The van der Waals surface area contributed by atoms with Crippen LogP contribution in [0.5, 0.6) is 23.0 Å². The normalized spacial score (nSPS) is 10.1. The van der Waals surface area contributed by atoms with Gasteiger partial charge in [-0.1, -0.05) is 7.43 Å². The predicted molar refractivity (Wildman–Crippen MR) is 262 cm³/mol. The van der Waals surface area contributed by atoms with E-state index in [0.717, 1.165) is 31.8 Å². The number of phenolic OH excluding ortho intramolecular Hbond substituents is 1. The highest BCUT2D eigenvalue weighted by atomic mass is 79.9. The Balaban J connectivity index is 0.000000168. The first kappa shape index (κ1) is 52.7. The molecule has 358 valence electrons. The number of pyridine rings is 2. The molecule has 0 aliphatic carbocycles. The van der Waals surface area contributed by atoms with Gasteiger partial charge in [-0.05, 0) is 125 Å². The molecule has 6 heterocycles. The van der Waals surface area contributed by atoms with Crippen LogP contribution in [0, 0.1) is 22.7 Å². The van der Waals surface area contributed by atoms with Gasteiger partial charge in [-0.25, -0.2) is 13.2 Å². The quantitative estimate of drug-likeness (QED) is 0.103. The van der Waals surface area contributed by atoms with Crippen molar-refractivity contribution in [2.24, 2.45) is 0 Å². The SMILES string of the molecule is C.FCCOc1ccc2occc2c1.N#Cc1cnccc1-c1cc2cc(OCCF)ccc2o1.N#Cc1cnccc1Br.OB(O)c1cc2cc(OCCF)ccc2o1.Oc1ccc2occc2c1. The number of furan rings is 4. The summed E-state index contributed by atoms with van der Waals surface area (Å²) in [5.74, 6) is 2.64. The van der Waals surface area contributed by atoms with Gasteiger partial charge in [0.15, 0.2) is 0 Å². The number of aromatic hydroxyl groups is 1. The molecule has 4 aromatic carbocycles. The average Bonchev–Trinajstić information content (AvgIpc) is 4.22. The summed E-state index contributed by atoms with van der Waals surface area (Å²) in [6, 6.07) is 35.1. The number of alkyl halides is 3. The van der Waals surface area contributed by atoms with Gasteiger partial charge in [-0.2, -0.15) is 10.5 Å². The molecule has 10 aromatic rings. The zero-order valence-corrected chi connectivity index (χ0v) is 37.8. The average molecular weight is 1020 g/mol. The van der Waals surface area contributed by atoms with E-state index in [2.05, 4.69) is 32.0 Å². The maximum Gasteiger partial charge on any atom is 0.526 e. The molecule has 0 spiro atoms. The number of nitrogens with zero attached hydrogens (tertiary/aromatic N) is 4. The Morgan fingerprint density at radius 3 is 1.59 bits per heavy atom. The van der Waals surface area contributed by atoms with E-state index >= 15 is 0 Å². The van der Waals surface area contributed by atoms with Gasteiger partial charge in [0.25, 0.3) is 0 Å². The molecule has 0 aliphatic rings. The molecule has 0 fully saturated rings. The third kappa shape index (κ3) is 14.9. The maximum absolute atomic E-state index is 12.1. The Morgan fingerprint density at radius 1 is 0.571 bits per heavy atom. The van der Waals surface area contributed by atoms with Crippen LogP contribution in [0.1, 0.15) is 18.6 Å². The Kier molecular flexibility index (Phi) is 20.3. The number of hydrogen-bond acceptors (Lipinski definition) is 14. The summed E-state index contributed by atoms with van der Waals surface area (Å²) >= 11 is 3.19. The lowest BCUT2D eigenvalue weighted by Gasteiger charge is -2.01. The van der Waals surface area contributed by atoms with E-state index < -0.39 is 27.1 Å². The summed E-state index contributed by atoms with van der Waals surface area (Å²) in [7, 11) is -1.64. The number of hydrogen-bond donors (Lipinski definition) is 3. The molecule has 0 saturated heterocycles. The Bertz CT molecular complexity index is 3290. The number of aromatic nitrogens is 2. The van der Waals surface area contributed by atoms with Gasteiger partial charge in [-0.3, -0.25) is 9.97 Å². The van der Waals surface area contributed by atoms with Crippen molar-refractivity contribution in [2.75, 3.05) is 39.8 Å². The number of halogens is 4. The molecule has 0 radical (unpaired) electrons. The van der Waals surface area contributed by atoms with Crippen LogP contribution in [0.4, 0.5) is 13.2 Å². The van der Waals surface area contributed by atoms with Crippen molar-refractivity contribution in [3.63, 3.8) is 0 Å². The van der Waals surface area contributed by atoms with Crippen LogP contribution in [0.2, 0.25) is 0 Å². The first-order valence-corrected chi connectivity index (χ1v) is 21.4. The first-order chi connectivity index (χ1) is 33.6. The van der Waals surface area contributed by atoms with Crippen molar-refractivity contribution < 1.29 is 60.2 Å². The number of nitriles is 2. The Hall–Kier alpha value is -8.23. The summed E-state index contributed by atoms with van der Waals surface area (Å²) in [5.41, 5.74) is 4.59. The fourth-order valence-electron chi connectivity index (χ4n) is 6.12. The molecule has 3 N–H and O–H groups in total. The van der Waals surface area contributed by atoms with Gasteiger partial charge in [-0.15, -0.1) is 0 Å². The van der Waals surface area contributed by atoms with Gasteiger partial charge < -0.3 is 47.0 Å². The largest absolute Gasteiger partial charge is 0.526 e. The first-order valence-electron chi connectivity index (χ1n) is 20.6. The lowest BCUT2D eigenvalue weighted by atomic mass is 9.88. The second-order valence-electron chi connectivity index (χ2n) is 13.9. The Morgan fingerprint density at radius 2 is 1.06 bits per heavy atom. The minimum atomic E-state index is -1.64. The lowest BCUT2D eigenvalue weighted by molar-refractivity contribution is 0.273. The van der Waals surface area contributed by atoms with Crippen LogP contribution in [-0.2, 0) is 0 Å². The third-order valence-corrected chi connectivity index (χ3v) is 9.93. The molecule has 0 atom stereocenters.